The quantitative estimate of drug-likeness (QED) is 0.807. The van der Waals surface area contributed by atoms with Crippen LogP contribution in [0.15, 0.2) is 48.5 Å². The molecule has 2 unspecified atom stereocenters. The molecule has 0 spiro atoms. The van der Waals surface area contributed by atoms with E-state index in [2.05, 4.69) is 46.9 Å². The molecule has 2 saturated heterocycles. The summed E-state index contributed by atoms with van der Waals surface area (Å²) in [5, 5.41) is 2.89. The number of nitrogens with one attached hydrogen (secondary N) is 1. The number of aryl methyl sites for hydroxylation is 1. The van der Waals surface area contributed by atoms with Crippen molar-refractivity contribution in [3.8, 4) is 11.8 Å². The molecule has 29 heavy (non-hydrogen) atoms. The van der Waals surface area contributed by atoms with Gasteiger partial charge in [-0.2, -0.15) is 0 Å². The van der Waals surface area contributed by atoms with Crippen molar-refractivity contribution in [2.75, 3.05) is 29.9 Å². The Morgan fingerprint density at radius 1 is 1.10 bits per heavy atom. The third-order valence-corrected chi connectivity index (χ3v) is 6.13. The summed E-state index contributed by atoms with van der Waals surface area (Å²) in [6.45, 7) is 7.92. The first-order chi connectivity index (χ1) is 14.1. The van der Waals surface area contributed by atoms with E-state index in [-0.39, 0.29) is 5.91 Å². The Bertz CT molecular complexity index is 928. The van der Waals surface area contributed by atoms with Gasteiger partial charge in [-0.1, -0.05) is 24.1 Å². The third-order valence-electron chi connectivity index (χ3n) is 6.13. The molecule has 1 N–H and O–H groups in total. The summed E-state index contributed by atoms with van der Waals surface area (Å²) in [6.07, 6.45) is 3.90. The van der Waals surface area contributed by atoms with E-state index in [1.807, 2.05) is 42.5 Å². The molecule has 0 aromatic heterocycles. The van der Waals surface area contributed by atoms with Crippen LogP contribution in [-0.4, -0.2) is 42.5 Å². The first kappa shape index (κ1) is 19.5. The normalized spacial score (nSPS) is 21.7. The summed E-state index contributed by atoms with van der Waals surface area (Å²) >= 11 is 0. The van der Waals surface area contributed by atoms with E-state index in [1.54, 1.807) is 0 Å². The number of nitrogens with zero attached hydrogens (tertiary/aromatic N) is 2. The first-order valence-electron chi connectivity index (χ1n) is 10.6. The van der Waals surface area contributed by atoms with Crippen molar-refractivity contribution in [3.63, 3.8) is 0 Å². The van der Waals surface area contributed by atoms with E-state index in [9.17, 15) is 4.79 Å². The van der Waals surface area contributed by atoms with Gasteiger partial charge >= 0.3 is 5.91 Å². The minimum absolute atomic E-state index is 0.287. The molecule has 1 amide bonds. The highest BCUT2D eigenvalue weighted by atomic mass is 16.1. The first-order valence-corrected chi connectivity index (χ1v) is 10.6. The van der Waals surface area contributed by atoms with Crippen LogP contribution in [0.5, 0.6) is 0 Å². The maximum absolute atomic E-state index is 12.2. The summed E-state index contributed by atoms with van der Waals surface area (Å²) in [4.78, 5) is 17.3. The SMILES string of the molecule is Cc1cc(NC(=O)C#Cc2ccccc2)ccc1N1CCC(N2CCCC2C)C1. The summed E-state index contributed by atoms with van der Waals surface area (Å²) < 4.78 is 0. The molecule has 2 aliphatic rings. The van der Waals surface area contributed by atoms with Gasteiger partial charge in [0, 0.05) is 48.0 Å². The predicted molar refractivity (Wildman–Crippen MR) is 119 cm³/mol. The maximum Gasteiger partial charge on any atom is 0.300 e. The third kappa shape index (κ3) is 4.63. The highest BCUT2D eigenvalue weighted by Gasteiger charge is 2.33. The minimum Gasteiger partial charge on any atom is -0.370 e. The van der Waals surface area contributed by atoms with Crippen LogP contribution in [-0.2, 0) is 4.79 Å². The fourth-order valence-corrected chi connectivity index (χ4v) is 4.63. The molecule has 4 rings (SSSR count). The van der Waals surface area contributed by atoms with Gasteiger partial charge in [0.25, 0.3) is 0 Å². The minimum atomic E-state index is -0.287. The lowest BCUT2D eigenvalue weighted by Crippen LogP contribution is -2.39. The Hall–Kier alpha value is -2.77. The molecule has 2 aromatic rings. The number of carbonyl (C=O) groups is 1. The molecule has 2 fully saturated rings. The van der Waals surface area contributed by atoms with Crippen molar-refractivity contribution < 1.29 is 4.79 Å². The second-order valence-corrected chi connectivity index (χ2v) is 8.19. The largest absolute Gasteiger partial charge is 0.370 e. The smallest absolute Gasteiger partial charge is 0.300 e. The van der Waals surface area contributed by atoms with E-state index in [0.29, 0.717) is 6.04 Å². The zero-order valence-electron chi connectivity index (χ0n) is 17.3. The van der Waals surface area contributed by atoms with Gasteiger partial charge in [0.1, 0.15) is 0 Å². The predicted octanol–water partition coefficient (Wildman–Crippen LogP) is 4.05. The molecule has 4 nitrogen and oxygen atoms in total. The zero-order valence-corrected chi connectivity index (χ0v) is 17.3. The Morgan fingerprint density at radius 2 is 1.93 bits per heavy atom. The fourth-order valence-electron chi connectivity index (χ4n) is 4.63. The summed E-state index contributed by atoms with van der Waals surface area (Å²) in [7, 11) is 0. The number of amides is 1. The van der Waals surface area contributed by atoms with Crippen LogP contribution < -0.4 is 10.2 Å². The van der Waals surface area contributed by atoms with Crippen LogP contribution in [0, 0.1) is 18.8 Å². The van der Waals surface area contributed by atoms with Gasteiger partial charge in [-0.15, -0.1) is 0 Å². The van der Waals surface area contributed by atoms with Crippen molar-refractivity contribution in [2.24, 2.45) is 0 Å². The lowest BCUT2D eigenvalue weighted by molar-refractivity contribution is -0.111. The van der Waals surface area contributed by atoms with E-state index in [0.717, 1.165) is 30.4 Å². The van der Waals surface area contributed by atoms with Gasteiger partial charge < -0.3 is 10.2 Å². The van der Waals surface area contributed by atoms with Gasteiger partial charge in [0.05, 0.1) is 0 Å². The van der Waals surface area contributed by atoms with E-state index in [4.69, 9.17) is 0 Å². The Morgan fingerprint density at radius 3 is 2.66 bits per heavy atom. The number of hydrogen-bond acceptors (Lipinski definition) is 3. The molecule has 0 aliphatic carbocycles. The second kappa shape index (κ2) is 8.71. The molecule has 2 atom stereocenters. The van der Waals surface area contributed by atoms with Gasteiger partial charge in [-0.3, -0.25) is 9.69 Å². The highest BCUT2D eigenvalue weighted by molar-refractivity contribution is 6.04. The molecule has 150 valence electrons. The number of carbonyl (C=O) groups excluding carboxylic acids is 1. The van der Waals surface area contributed by atoms with Gasteiger partial charge in [-0.25, -0.2) is 0 Å². The molecule has 4 heteroatoms. The summed E-state index contributed by atoms with van der Waals surface area (Å²) in [6, 6.07) is 17.1. The van der Waals surface area contributed by atoms with Gasteiger partial charge in [0.2, 0.25) is 0 Å². The number of rotatable bonds is 3. The molecule has 0 bridgehead atoms. The van der Waals surface area contributed by atoms with Crippen LogP contribution in [0.25, 0.3) is 0 Å². The van der Waals surface area contributed by atoms with Crippen molar-refractivity contribution >= 4 is 17.3 Å². The van der Waals surface area contributed by atoms with Crippen LogP contribution in [0.4, 0.5) is 11.4 Å². The van der Waals surface area contributed by atoms with Crippen LogP contribution in [0.2, 0.25) is 0 Å². The number of benzene rings is 2. The molecular weight excluding hydrogens is 358 g/mol. The maximum atomic E-state index is 12.2. The van der Waals surface area contributed by atoms with Crippen molar-refractivity contribution in [3.05, 3.63) is 59.7 Å². The van der Waals surface area contributed by atoms with Crippen molar-refractivity contribution in [2.45, 2.75) is 45.2 Å². The molecular formula is C25H29N3O. The second-order valence-electron chi connectivity index (χ2n) is 8.19. The molecule has 2 heterocycles. The molecule has 2 aliphatic heterocycles. The number of hydrogen-bond donors (Lipinski definition) is 1. The van der Waals surface area contributed by atoms with E-state index < -0.39 is 0 Å². The van der Waals surface area contributed by atoms with E-state index >= 15 is 0 Å². The summed E-state index contributed by atoms with van der Waals surface area (Å²) in [5.41, 5.74) is 4.09. The lowest BCUT2D eigenvalue weighted by atomic mass is 10.1. The average molecular weight is 388 g/mol. The zero-order chi connectivity index (χ0) is 20.2. The van der Waals surface area contributed by atoms with E-state index in [1.165, 1.54) is 37.1 Å². The Kier molecular flexibility index (Phi) is 5.87. The number of likely N-dealkylation sites (tertiary alicyclic amines) is 1. The van der Waals surface area contributed by atoms with Crippen LogP contribution >= 0.6 is 0 Å². The average Bonchev–Trinajstić information content (AvgIpc) is 3.36. The Labute approximate surface area is 173 Å². The van der Waals surface area contributed by atoms with Gasteiger partial charge in [-0.05, 0) is 75.5 Å². The standard InChI is InChI=1S/C25H29N3O/c1-19-17-22(26-25(29)13-10-21-8-4-3-5-9-21)11-12-24(19)27-16-14-23(18-27)28-15-6-7-20(28)2/h3-5,8-9,11-12,17,20,23H,6-7,14-16,18H2,1-2H3,(H,26,29). The molecule has 2 aromatic carbocycles. The molecule has 0 saturated carbocycles. The topological polar surface area (TPSA) is 35.6 Å². The molecule has 0 radical (unpaired) electrons. The van der Waals surface area contributed by atoms with Crippen LogP contribution in [0.3, 0.4) is 0 Å². The number of anilines is 2. The van der Waals surface area contributed by atoms with Crippen molar-refractivity contribution in [1.29, 1.82) is 0 Å². The summed E-state index contributed by atoms with van der Waals surface area (Å²) in [5.74, 6) is 5.27. The monoisotopic (exact) mass is 387 g/mol. The van der Waals surface area contributed by atoms with Gasteiger partial charge in [0.15, 0.2) is 0 Å². The van der Waals surface area contributed by atoms with Crippen LogP contribution in [0.1, 0.15) is 37.3 Å². The highest BCUT2D eigenvalue weighted by Crippen LogP contribution is 2.31. The fraction of sp³-hybridized carbons (Fsp3) is 0.400. The van der Waals surface area contributed by atoms with Crippen molar-refractivity contribution in [1.82, 2.24) is 4.90 Å². The Balaban J connectivity index is 1.38. The lowest BCUT2D eigenvalue weighted by Gasteiger charge is -2.29.